The summed E-state index contributed by atoms with van der Waals surface area (Å²) in [4.78, 5) is 27.4. The number of amides is 2. The van der Waals surface area contributed by atoms with Gasteiger partial charge in [0.2, 0.25) is 11.8 Å². The zero-order valence-corrected chi connectivity index (χ0v) is 17.9. The standard InChI is InChI=1S/C25H27N3O3/c1-18-8-10-20(11-9-18)26-23(29)12-13-24(30)28-16-15-27-14-4-7-22(27)25(28)19-5-3-6-21(17-19)31-2/h3-11,14,17,25H,12-13,15-16H2,1-2H3,(H,26,29). The number of methoxy groups -OCH3 is 1. The van der Waals surface area contributed by atoms with Gasteiger partial charge in [-0.3, -0.25) is 9.59 Å². The van der Waals surface area contributed by atoms with Crippen LogP contribution in [0, 0.1) is 6.92 Å². The van der Waals surface area contributed by atoms with E-state index in [1.54, 1.807) is 7.11 Å². The van der Waals surface area contributed by atoms with E-state index in [4.69, 9.17) is 4.74 Å². The maximum atomic E-state index is 13.2. The summed E-state index contributed by atoms with van der Waals surface area (Å²) in [5.74, 6) is 0.570. The predicted molar refractivity (Wildman–Crippen MR) is 120 cm³/mol. The van der Waals surface area contributed by atoms with Crippen molar-refractivity contribution >= 4 is 17.5 Å². The third-order valence-corrected chi connectivity index (χ3v) is 5.67. The molecule has 0 saturated heterocycles. The smallest absolute Gasteiger partial charge is 0.224 e. The third-order valence-electron chi connectivity index (χ3n) is 5.67. The van der Waals surface area contributed by atoms with Gasteiger partial charge in [0.25, 0.3) is 0 Å². The number of ether oxygens (including phenoxy) is 1. The molecule has 160 valence electrons. The van der Waals surface area contributed by atoms with Crippen LogP contribution in [0.25, 0.3) is 0 Å². The van der Waals surface area contributed by atoms with Gasteiger partial charge >= 0.3 is 0 Å². The monoisotopic (exact) mass is 417 g/mol. The van der Waals surface area contributed by atoms with Gasteiger partial charge in [0.15, 0.2) is 0 Å². The van der Waals surface area contributed by atoms with Crippen LogP contribution in [0.15, 0.2) is 66.9 Å². The first-order valence-electron chi connectivity index (χ1n) is 10.5. The average molecular weight is 418 g/mol. The van der Waals surface area contributed by atoms with Crippen molar-refractivity contribution in [3.8, 4) is 5.75 Å². The minimum absolute atomic E-state index is 0.0284. The van der Waals surface area contributed by atoms with Crippen molar-refractivity contribution < 1.29 is 14.3 Å². The molecule has 6 heteroatoms. The SMILES string of the molecule is COc1cccc(C2c3cccn3CCN2C(=O)CCC(=O)Nc2ccc(C)cc2)c1. The average Bonchev–Trinajstić information content (AvgIpc) is 3.27. The Kier molecular flexibility index (Phi) is 6.07. The van der Waals surface area contributed by atoms with E-state index in [0.29, 0.717) is 6.54 Å². The summed E-state index contributed by atoms with van der Waals surface area (Å²) in [6.07, 6.45) is 2.35. The number of nitrogens with one attached hydrogen (secondary N) is 1. The lowest BCUT2D eigenvalue weighted by atomic mass is 9.99. The van der Waals surface area contributed by atoms with Crippen molar-refractivity contribution in [2.45, 2.75) is 32.4 Å². The van der Waals surface area contributed by atoms with Gasteiger partial charge in [-0.15, -0.1) is 0 Å². The van der Waals surface area contributed by atoms with E-state index >= 15 is 0 Å². The molecular weight excluding hydrogens is 390 g/mol. The zero-order chi connectivity index (χ0) is 21.8. The van der Waals surface area contributed by atoms with Crippen LogP contribution in [0.1, 0.15) is 35.7 Å². The van der Waals surface area contributed by atoms with Gasteiger partial charge in [0.05, 0.1) is 13.2 Å². The Labute approximate surface area is 182 Å². The number of aromatic nitrogens is 1. The molecular formula is C25H27N3O3. The minimum Gasteiger partial charge on any atom is -0.497 e. The number of nitrogens with zero attached hydrogens (tertiary/aromatic N) is 2. The number of rotatable bonds is 6. The molecule has 1 aromatic heterocycles. The molecule has 0 aliphatic carbocycles. The van der Waals surface area contributed by atoms with Crippen molar-refractivity contribution in [2.75, 3.05) is 19.0 Å². The highest BCUT2D eigenvalue weighted by molar-refractivity contribution is 5.93. The van der Waals surface area contributed by atoms with Gasteiger partial charge in [0.1, 0.15) is 5.75 Å². The Morgan fingerprint density at radius 1 is 1.03 bits per heavy atom. The lowest BCUT2D eigenvalue weighted by Gasteiger charge is -2.37. The predicted octanol–water partition coefficient (Wildman–Crippen LogP) is 4.16. The summed E-state index contributed by atoms with van der Waals surface area (Å²) in [5, 5.41) is 2.87. The van der Waals surface area contributed by atoms with E-state index in [9.17, 15) is 9.59 Å². The molecule has 0 fully saturated rings. The highest BCUT2D eigenvalue weighted by Crippen LogP contribution is 2.34. The molecule has 4 rings (SSSR count). The van der Waals surface area contributed by atoms with Crippen molar-refractivity contribution in [3.05, 3.63) is 83.7 Å². The molecule has 1 aliphatic heterocycles. The van der Waals surface area contributed by atoms with E-state index in [-0.39, 0.29) is 30.7 Å². The molecule has 0 bridgehead atoms. The molecule has 2 amide bonds. The molecule has 6 nitrogen and oxygen atoms in total. The highest BCUT2D eigenvalue weighted by atomic mass is 16.5. The second kappa shape index (κ2) is 9.08. The summed E-state index contributed by atoms with van der Waals surface area (Å²) in [5.41, 5.74) is 3.94. The van der Waals surface area contributed by atoms with Crippen molar-refractivity contribution in [1.82, 2.24) is 9.47 Å². The lowest BCUT2D eigenvalue weighted by molar-refractivity contribution is -0.135. The number of carbonyl (C=O) groups is 2. The van der Waals surface area contributed by atoms with Gasteiger partial charge < -0.3 is 19.5 Å². The minimum atomic E-state index is -0.202. The first-order chi connectivity index (χ1) is 15.0. The first kappa shape index (κ1) is 20.7. The summed E-state index contributed by atoms with van der Waals surface area (Å²) in [7, 11) is 1.64. The van der Waals surface area contributed by atoms with E-state index in [1.165, 1.54) is 0 Å². The molecule has 2 aromatic carbocycles. The van der Waals surface area contributed by atoms with Crippen LogP contribution in [0.4, 0.5) is 5.69 Å². The van der Waals surface area contributed by atoms with Crippen LogP contribution >= 0.6 is 0 Å². The Balaban J connectivity index is 1.48. The fourth-order valence-electron chi connectivity index (χ4n) is 4.04. The highest BCUT2D eigenvalue weighted by Gasteiger charge is 2.32. The van der Waals surface area contributed by atoms with E-state index in [2.05, 4.69) is 9.88 Å². The number of aryl methyl sites for hydroxylation is 1. The van der Waals surface area contributed by atoms with Crippen molar-refractivity contribution in [3.63, 3.8) is 0 Å². The van der Waals surface area contributed by atoms with E-state index in [0.717, 1.165) is 34.8 Å². The Bertz CT molecular complexity index is 1070. The van der Waals surface area contributed by atoms with Gasteiger partial charge in [0, 0.05) is 43.5 Å². The summed E-state index contributed by atoms with van der Waals surface area (Å²) >= 11 is 0. The summed E-state index contributed by atoms with van der Waals surface area (Å²) in [6.45, 7) is 3.34. The topological polar surface area (TPSA) is 63.6 Å². The third kappa shape index (κ3) is 4.63. The fraction of sp³-hybridized carbons (Fsp3) is 0.280. The van der Waals surface area contributed by atoms with Crippen LogP contribution in [0.2, 0.25) is 0 Å². The normalized spacial score (nSPS) is 15.3. The zero-order valence-electron chi connectivity index (χ0n) is 17.9. The molecule has 1 atom stereocenters. The molecule has 3 aromatic rings. The molecule has 1 N–H and O–H groups in total. The Morgan fingerprint density at radius 3 is 2.61 bits per heavy atom. The fourth-order valence-corrected chi connectivity index (χ4v) is 4.04. The van der Waals surface area contributed by atoms with Crippen LogP contribution in [-0.2, 0) is 16.1 Å². The molecule has 1 aliphatic rings. The lowest BCUT2D eigenvalue weighted by Crippen LogP contribution is -2.42. The largest absolute Gasteiger partial charge is 0.497 e. The van der Waals surface area contributed by atoms with E-state index in [1.807, 2.05) is 78.7 Å². The van der Waals surface area contributed by atoms with Crippen molar-refractivity contribution in [2.24, 2.45) is 0 Å². The first-order valence-corrected chi connectivity index (χ1v) is 10.5. The quantitative estimate of drug-likeness (QED) is 0.655. The number of carbonyl (C=O) groups excluding carboxylic acids is 2. The van der Waals surface area contributed by atoms with Crippen LogP contribution in [-0.4, -0.2) is 34.9 Å². The molecule has 31 heavy (non-hydrogen) atoms. The maximum absolute atomic E-state index is 13.2. The molecule has 2 heterocycles. The van der Waals surface area contributed by atoms with E-state index < -0.39 is 0 Å². The van der Waals surface area contributed by atoms with Gasteiger partial charge in [-0.2, -0.15) is 0 Å². The Hall–Kier alpha value is -3.54. The van der Waals surface area contributed by atoms with Gasteiger partial charge in [-0.05, 0) is 48.9 Å². The van der Waals surface area contributed by atoms with Crippen LogP contribution in [0.5, 0.6) is 5.75 Å². The number of benzene rings is 2. The molecule has 0 radical (unpaired) electrons. The second-order valence-corrected chi connectivity index (χ2v) is 7.81. The molecule has 0 spiro atoms. The van der Waals surface area contributed by atoms with Crippen LogP contribution in [0.3, 0.4) is 0 Å². The summed E-state index contributed by atoms with van der Waals surface area (Å²) < 4.78 is 7.57. The molecule has 0 saturated carbocycles. The molecule has 1 unspecified atom stereocenters. The number of hydrogen-bond acceptors (Lipinski definition) is 3. The Morgan fingerprint density at radius 2 is 1.84 bits per heavy atom. The van der Waals surface area contributed by atoms with Crippen molar-refractivity contribution in [1.29, 1.82) is 0 Å². The number of fused-ring (bicyclic) bond motifs is 1. The summed E-state index contributed by atoms with van der Waals surface area (Å²) in [6, 6.07) is 19.3. The second-order valence-electron chi connectivity index (χ2n) is 7.81. The number of anilines is 1. The number of hydrogen-bond donors (Lipinski definition) is 1. The van der Waals surface area contributed by atoms with Crippen LogP contribution < -0.4 is 10.1 Å². The van der Waals surface area contributed by atoms with Gasteiger partial charge in [-0.25, -0.2) is 0 Å². The van der Waals surface area contributed by atoms with Gasteiger partial charge in [-0.1, -0.05) is 29.8 Å². The maximum Gasteiger partial charge on any atom is 0.224 e.